The van der Waals surface area contributed by atoms with Crippen LogP contribution < -0.4 is 4.74 Å². The number of hydrogen-bond donors (Lipinski definition) is 1. The zero-order chi connectivity index (χ0) is 19.5. The molecule has 1 N–H and O–H groups in total. The van der Waals surface area contributed by atoms with Crippen LogP contribution in [0.15, 0.2) is 48.5 Å². The highest BCUT2D eigenvalue weighted by Gasteiger charge is 2.36. The zero-order valence-corrected chi connectivity index (χ0v) is 16.8. The van der Waals surface area contributed by atoms with E-state index in [0.29, 0.717) is 12.5 Å². The summed E-state index contributed by atoms with van der Waals surface area (Å²) in [7, 11) is 0. The molecule has 1 saturated heterocycles. The van der Waals surface area contributed by atoms with E-state index in [1.54, 1.807) is 0 Å². The van der Waals surface area contributed by atoms with Gasteiger partial charge in [-0.1, -0.05) is 66.5 Å². The van der Waals surface area contributed by atoms with Gasteiger partial charge in [0, 0.05) is 0 Å². The van der Waals surface area contributed by atoms with E-state index < -0.39 is 6.10 Å². The monoisotopic (exact) mass is 378 g/mol. The molecule has 2 aromatic rings. The van der Waals surface area contributed by atoms with Gasteiger partial charge >= 0.3 is 0 Å². The highest BCUT2D eigenvalue weighted by molar-refractivity contribution is 5.52. The molecule has 3 heteroatoms. The van der Waals surface area contributed by atoms with Crippen LogP contribution >= 0.6 is 0 Å². The molecule has 28 heavy (non-hydrogen) atoms. The van der Waals surface area contributed by atoms with Gasteiger partial charge in [0.15, 0.2) is 6.10 Å². The lowest BCUT2D eigenvalue weighted by molar-refractivity contribution is 0.0612. The summed E-state index contributed by atoms with van der Waals surface area (Å²) in [5.41, 5.74) is 5.02. The molecular weight excluding hydrogens is 348 g/mol. The third-order valence-corrected chi connectivity index (χ3v) is 5.86. The number of ether oxygens (including phenoxy) is 2. The average molecular weight is 379 g/mol. The van der Waals surface area contributed by atoms with Crippen LogP contribution in [-0.4, -0.2) is 30.0 Å². The van der Waals surface area contributed by atoms with Crippen molar-refractivity contribution in [3.8, 4) is 5.75 Å². The molecule has 0 spiro atoms. The van der Waals surface area contributed by atoms with Crippen molar-refractivity contribution in [2.24, 2.45) is 0 Å². The van der Waals surface area contributed by atoms with Gasteiger partial charge in [0.1, 0.15) is 18.0 Å². The van der Waals surface area contributed by atoms with Crippen molar-refractivity contribution >= 4 is 6.08 Å². The largest absolute Gasteiger partial charge is 0.485 e. The maximum atomic E-state index is 10.3. The zero-order valence-electron chi connectivity index (χ0n) is 16.8. The summed E-state index contributed by atoms with van der Waals surface area (Å²) in [5.74, 6) is 1.49. The van der Waals surface area contributed by atoms with Crippen molar-refractivity contribution in [3.63, 3.8) is 0 Å². The third-order valence-electron chi connectivity index (χ3n) is 5.86. The Hall–Kier alpha value is -2.10. The molecule has 148 valence electrons. The molecular formula is C25H30O3. The summed E-state index contributed by atoms with van der Waals surface area (Å²) >= 11 is 0. The Morgan fingerprint density at radius 1 is 1.00 bits per heavy atom. The average Bonchev–Trinajstić information content (AvgIpc) is 3.31. The van der Waals surface area contributed by atoms with Crippen molar-refractivity contribution in [3.05, 3.63) is 70.8 Å². The molecule has 4 rings (SSSR count). The first-order valence-corrected chi connectivity index (χ1v) is 10.4. The molecule has 0 bridgehead atoms. The number of aryl methyl sites for hydroxylation is 2. The smallest absolute Gasteiger partial charge is 0.156 e. The summed E-state index contributed by atoms with van der Waals surface area (Å²) in [4.78, 5) is 0. The number of aliphatic hydroxyl groups excluding tert-OH is 1. The topological polar surface area (TPSA) is 38.7 Å². The fraction of sp³-hybridized carbons (Fsp3) is 0.440. The molecule has 2 aromatic carbocycles. The molecule has 0 radical (unpaired) electrons. The minimum Gasteiger partial charge on any atom is -0.485 e. The molecule has 1 heterocycles. The van der Waals surface area contributed by atoms with Crippen LogP contribution in [0.5, 0.6) is 5.75 Å². The minimum atomic E-state index is -0.622. The molecule has 1 aliphatic carbocycles. The van der Waals surface area contributed by atoms with Crippen molar-refractivity contribution < 1.29 is 14.6 Å². The van der Waals surface area contributed by atoms with Crippen molar-refractivity contribution in [2.75, 3.05) is 6.61 Å². The number of aliphatic hydroxyl groups is 1. The van der Waals surface area contributed by atoms with Crippen molar-refractivity contribution in [2.45, 2.75) is 63.8 Å². The first kappa shape index (κ1) is 19.2. The van der Waals surface area contributed by atoms with Gasteiger partial charge in [-0.15, -0.1) is 0 Å². The van der Waals surface area contributed by atoms with E-state index in [1.807, 2.05) is 18.2 Å². The van der Waals surface area contributed by atoms with E-state index in [-0.39, 0.29) is 12.2 Å². The summed E-state index contributed by atoms with van der Waals surface area (Å²) in [6.07, 6.45) is 8.05. The van der Waals surface area contributed by atoms with Gasteiger partial charge in [0.05, 0.1) is 6.61 Å². The summed E-state index contributed by atoms with van der Waals surface area (Å²) in [6.45, 7) is 4.50. The van der Waals surface area contributed by atoms with E-state index >= 15 is 0 Å². The molecule has 1 aliphatic heterocycles. The fourth-order valence-electron chi connectivity index (χ4n) is 4.48. The predicted octanol–water partition coefficient (Wildman–Crippen LogP) is 5.18. The quantitative estimate of drug-likeness (QED) is 0.779. The van der Waals surface area contributed by atoms with Gasteiger partial charge < -0.3 is 14.6 Å². The van der Waals surface area contributed by atoms with E-state index in [0.717, 1.165) is 11.3 Å². The Morgan fingerprint density at radius 2 is 1.68 bits per heavy atom. The van der Waals surface area contributed by atoms with Crippen LogP contribution in [-0.2, 0) is 4.74 Å². The van der Waals surface area contributed by atoms with Crippen LogP contribution in [0.1, 0.15) is 53.9 Å². The Bertz CT molecular complexity index is 798. The SMILES string of the molecule is Cc1cc(C)cc(/C=C/[C@H]2OC[C@@H](O)[C@H]2Oc2ccc(C3CCCC3)cc2)c1. The minimum absolute atomic E-state index is 0.259. The molecule has 0 aromatic heterocycles. The fourth-order valence-corrected chi connectivity index (χ4v) is 4.48. The van der Waals surface area contributed by atoms with Crippen molar-refractivity contribution in [1.82, 2.24) is 0 Å². The van der Waals surface area contributed by atoms with Gasteiger partial charge in [-0.05, 0) is 55.9 Å². The molecule has 0 amide bonds. The normalized spacial score (nSPS) is 25.6. The third kappa shape index (κ3) is 4.48. The molecule has 1 saturated carbocycles. The lowest BCUT2D eigenvalue weighted by Crippen LogP contribution is -2.34. The van der Waals surface area contributed by atoms with Gasteiger partial charge in [-0.2, -0.15) is 0 Å². The van der Waals surface area contributed by atoms with Crippen LogP contribution in [0.3, 0.4) is 0 Å². The second-order valence-corrected chi connectivity index (χ2v) is 8.28. The van der Waals surface area contributed by atoms with E-state index in [4.69, 9.17) is 9.47 Å². The summed E-state index contributed by atoms with van der Waals surface area (Å²) in [6, 6.07) is 14.9. The first-order chi connectivity index (χ1) is 13.6. The molecule has 0 unspecified atom stereocenters. The van der Waals surface area contributed by atoms with Gasteiger partial charge in [-0.3, -0.25) is 0 Å². The standard InChI is InChI=1S/C25H30O3/c1-17-13-18(2)15-19(14-17)7-12-24-25(23(26)16-27-24)28-22-10-8-21(9-11-22)20-5-3-4-6-20/h7-15,20,23-26H,3-6,16H2,1-2H3/b12-7+/t23-,24-,25-/m1/s1. The lowest BCUT2D eigenvalue weighted by Gasteiger charge is -2.20. The number of benzene rings is 2. The maximum Gasteiger partial charge on any atom is 0.156 e. The lowest BCUT2D eigenvalue weighted by atomic mass is 9.98. The highest BCUT2D eigenvalue weighted by Crippen LogP contribution is 2.35. The highest BCUT2D eigenvalue weighted by atomic mass is 16.6. The molecule has 3 atom stereocenters. The Morgan fingerprint density at radius 3 is 2.36 bits per heavy atom. The maximum absolute atomic E-state index is 10.3. The second kappa shape index (κ2) is 8.50. The number of hydrogen-bond acceptors (Lipinski definition) is 3. The molecule has 3 nitrogen and oxygen atoms in total. The van der Waals surface area contributed by atoms with Crippen LogP contribution in [0, 0.1) is 13.8 Å². The number of rotatable bonds is 5. The second-order valence-electron chi connectivity index (χ2n) is 8.28. The van der Waals surface area contributed by atoms with Crippen LogP contribution in [0.2, 0.25) is 0 Å². The molecule has 2 fully saturated rings. The Labute approximate surface area is 168 Å². The Balaban J connectivity index is 1.44. The van der Waals surface area contributed by atoms with E-state index in [1.165, 1.54) is 42.4 Å². The summed E-state index contributed by atoms with van der Waals surface area (Å²) < 4.78 is 11.9. The van der Waals surface area contributed by atoms with Gasteiger partial charge in [-0.25, -0.2) is 0 Å². The summed E-state index contributed by atoms with van der Waals surface area (Å²) in [5, 5.41) is 10.3. The Kier molecular flexibility index (Phi) is 5.84. The van der Waals surface area contributed by atoms with Gasteiger partial charge in [0.2, 0.25) is 0 Å². The van der Waals surface area contributed by atoms with Crippen LogP contribution in [0.4, 0.5) is 0 Å². The van der Waals surface area contributed by atoms with Crippen LogP contribution in [0.25, 0.3) is 6.08 Å². The van der Waals surface area contributed by atoms with Crippen molar-refractivity contribution in [1.29, 1.82) is 0 Å². The first-order valence-electron chi connectivity index (χ1n) is 10.4. The molecule has 2 aliphatic rings. The predicted molar refractivity (Wildman–Crippen MR) is 113 cm³/mol. The van der Waals surface area contributed by atoms with E-state index in [2.05, 4.69) is 50.3 Å². The van der Waals surface area contributed by atoms with E-state index in [9.17, 15) is 5.11 Å². The van der Waals surface area contributed by atoms with Gasteiger partial charge in [0.25, 0.3) is 0 Å².